The number of hydrogen-bond donors (Lipinski definition) is 2. The Hall–Kier alpha value is -3.70. The van der Waals surface area contributed by atoms with Crippen LogP contribution in [0.1, 0.15) is 20.3 Å². The molecule has 0 bridgehead atoms. The van der Waals surface area contributed by atoms with Gasteiger partial charge in [-0.25, -0.2) is 19.6 Å². The fourth-order valence-corrected chi connectivity index (χ4v) is 2.80. The summed E-state index contributed by atoms with van der Waals surface area (Å²) in [5.74, 6) is 0.0905. The van der Waals surface area contributed by atoms with Crippen molar-refractivity contribution in [2.45, 2.75) is 20.3 Å². The van der Waals surface area contributed by atoms with Gasteiger partial charge in [-0.05, 0) is 13.8 Å². The van der Waals surface area contributed by atoms with Crippen LogP contribution in [0.5, 0.6) is 0 Å². The zero-order valence-electron chi connectivity index (χ0n) is 17.2. The van der Waals surface area contributed by atoms with Crippen LogP contribution in [0.2, 0.25) is 0 Å². The van der Waals surface area contributed by atoms with E-state index in [0.29, 0.717) is 11.4 Å². The lowest BCUT2D eigenvalue weighted by atomic mass is 10.2. The molecular weight excluding hydrogens is 380 g/mol. The van der Waals surface area contributed by atoms with Gasteiger partial charge in [0.2, 0.25) is 0 Å². The average molecular weight is 404 g/mol. The SMILES string of the molecule is CC(C/C(C)=N/c1c(N)c(=O)n(C)c(=O)n1C)=Nc1c(N)c(=O)n(C)c(=O)n1C. The molecule has 0 unspecified atom stereocenters. The molecule has 12 nitrogen and oxygen atoms in total. The third-order valence-electron chi connectivity index (χ3n) is 4.44. The second kappa shape index (κ2) is 7.73. The number of anilines is 2. The topological polar surface area (TPSA) is 165 Å². The molecule has 2 rings (SSSR count). The molecule has 0 aliphatic carbocycles. The van der Waals surface area contributed by atoms with Gasteiger partial charge in [-0.15, -0.1) is 0 Å². The van der Waals surface area contributed by atoms with Gasteiger partial charge in [0, 0.05) is 46.0 Å². The van der Waals surface area contributed by atoms with Gasteiger partial charge in [0.25, 0.3) is 11.1 Å². The third-order valence-corrected chi connectivity index (χ3v) is 4.44. The van der Waals surface area contributed by atoms with Gasteiger partial charge < -0.3 is 11.5 Å². The number of rotatable bonds is 4. The summed E-state index contributed by atoms with van der Waals surface area (Å²) < 4.78 is 4.15. The minimum absolute atomic E-state index is 0.0453. The van der Waals surface area contributed by atoms with Gasteiger partial charge in [-0.1, -0.05) is 0 Å². The number of nitrogens with two attached hydrogens (primary N) is 2. The fraction of sp³-hybridized carbons (Fsp3) is 0.412. The summed E-state index contributed by atoms with van der Waals surface area (Å²) in [6, 6.07) is 0. The molecule has 0 aliphatic rings. The lowest BCUT2D eigenvalue weighted by Gasteiger charge is -2.11. The minimum Gasteiger partial charge on any atom is -0.391 e. The van der Waals surface area contributed by atoms with Crippen LogP contribution in [0.15, 0.2) is 29.2 Å². The molecule has 0 aromatic carbocycles. The van der Waals surface area contributed by atoms with E-state index in [4.69, 9.17) is 11.5 Å². The van der Waals surface area contributed by atoms with E-state index < -0.39 is 22.5 Å². The van der Waals surface area contributed by atoms with Crippen LogP contribution >= 0.6 is 0 Å². The largest absolute Gasteiger partial charge is 0.391 e. The summed E-state index contributed by atoms with van der Waals surface area (Å²) in [7, 11) is 5.58. The fourth-order valence-electron chi connectivity index (χ4n) is 2.80. The highest BCUT2D eigenvalue weighted by atomic mass is 16.2. The van der Waals surface area contributed by atoms with E-state index in [1.54, 1.807) is 13.8 Å². The van der Waals surface area contributed by atoms with Gasteiger partial charge in [0.05, 0.1) is 0 Å². The van der Waals surface area contributed by atoms with E-state index in [-0.39, 0.29) is 29.4 Å². The Morgan fingerprint density at radius 2 is 1.00 bits per heavy atom. The molecule has 0 atom stereocenters. The van der Waals surface area contributed by atoms with E-state index in [2.05, 4.69) is 9.98 Å². The van der Waals surface area contributed by atoms with Gasteiger partial charge in [0.1, 0.15) is 11.4 Å². The van der Waals surface area contributed by atoms with Crippen molar-refractivity contribution in [3.63, 3.8) is 0 Å². The van der Waals surface area contributed by atoms with Gasteiger partial charge in [-0.2, -0.15) is 0 Å². The lowest BCUT2D eigenvalue weighted by Crippen LogP contribution is -2.38. The molecule has 4 N–H and O–H groups in total. The Balaban J connectivity index is 2.50. The van der Waals surface area contributed by atoms with E-state index in [1.165, 1.54) is 37.3 Å². The summed E-state index contributed by atoms with van der Waals surface area (Å²) in [4.78, 5) is 56.8. The van der Waals surface area contributed by atoms with Crippen LogP contribution in [0.3, 0.4) is 0 Å². The highest BCUT2D eigenvalue weighted by Gasteiger charge is 2.14. The molecule has 156 valence electrons. The minimum atomic E-state index is -0.632. The third kappa shape index (κ3) is 3.81. The summed E-state index contributed by atoms with van der Waals surface area (Å²) in [6.07, 6.45) is 0.228. The Labute approximate surface area is 165 Å². The van der Waals surface area contributed by atoms with Crippen molar-refractivity contribution in [3.05, 3.63) is 41.7 Å². The molecule has 2 aromatic rings. The molecule has 0 saturated carbocycles. The molecule has 0 amide bonds. The van der Waals surface area contributed by atoms with E-state index in [1.807, 2.05) is 0 Å². The average Bonchev–Trinajstić information content (AvgIpc) is 2.68. The maximum Gasteiger partial charge on any atom is 0.332 e. The number of nitrogen functional groups attached to an aromatic ring is 2. The second-order valence-corrected chi connectivity index (χ2v) is 6.76. The number of aliphatic imine (C=N–C) groups is 2. The zero-order valence-corrected chi connectivity index (χ0v) is 17.2. The van der Waals surface area contributed by atoms with Crippen LogP contribution in [0, 0.1) is 0 Å². The van der Waals surface area contributed by atoms with E-state index in [0.717, 1.165) is 9.13 Å². The van der Waals surface area contributed by atoms with Gasteiger partial charge in [-0.3, -0.25) is 27.9 Å². The second-order valence-electron chi connectivity index (χ2n) is 6.76. The van der Waals surface area contributed by atoms with Crippen molar-refractivity contribution in [2.24, 2.45) is 38.2 Å². The standard InChI is InChI=1S/C17H24N8O4/c1-8(20-12-10(18)14(26)24(5)16(28)22(12)3)7-9(2)21-13-11(19)15(27)25(6)17(29)23(13)4/h7,18-19H2,1-6H3/b20-8+,21-9?. The predicted octanol–water partition coefficient (Wildman–Crippen LogP) is -1.08. The first-order valence-corrected chi connectivity index (χ1v) is 8.57. The molecule has 2 aromatic heterocycles. The van der Waals surface area contributed by atoms with Crippen molar-refractivity contribution in [3.8, 4) is 0 Å². The highest BCUT2D eigenvalue weighted by molar-refractivity contribution is 6.04. The maximum absolute atomic E-state index is 12.1. The summed E-state index contributed by atoms with van der Waals surface area (Å²) in [5, 5.41) is 0. The Kier molecular flexibility index (Phi) is 5.76. The first-order chi connectivity index (χ1) is 13.4. The zero-order chi connectivity index (χ0) is 22.2. The normalized spacial score (nSPS) is 12.5. The number of hydrogen-bond acceptors (Lipinski definition) is 8. The predicted molar refractivity (Wildman–Crippen MR) is 113 cm³/mol. The van der Waals surface area contributed by atoms with Crippen LogP contribution in [0.25, 0.3) is 0 Å². The Bertz CT molecular complexity index is 1110. The molecule has 0 radical (unpaired) electrons. The van der Waals surface area contributed by atoms with Crippen molar-refractivity contribution in [1.29, 1.82) is 0 Å². The first-order valence-electron chi connectivity index (χ1n) is 8.57. The van der Waals surface area contributed by atoms with E-state index >= 15 is 0 Å². The van der Waals surface area contributed by atoms with Crippen LogP contribution in [0.4, 0.5) is 23.0 Å². The first kappa shape index (κ1) is 21.6. The molecule has 2 heterocycles. The number of nitrogens with zero attached hydrogens (tertiary/aromatic N) is 6. The molecular formula is C17H24N8O4. The molecule has 0 spiro atoms. The van der Waals surface area contributed by atoms with Crippen LogP contribution in [-0.4, -0.2) is 29.7 Å². The van der Waals surface area contributed by atoms with Crippen LogP contribution < -0.4 is 34.0 Å². The van der Waals surface area contributed by atoms with Crippen molar-refractivity contribution in [1.82, 2.24) is 18.3 Å². The van der Waals surface area contributed by atoms with Gasteiger partial charge in [0.15, 0.2) is 11.6 Å². The highest BCUT2D eigenvalue weighted by Crippen LogP contribution is 2.18. The van der Waals surface area contributed by atoms with Crippen molar-refractivity contribution in [2.75, 3.05) is 11.5 Å². The quantitative estimate of drug-likeness (QED) is 0.615. The Morgan fingerprint density at radius 3 is 1.31 bits per heavy atom. The van der Waals surface area contributed by atoms with E-state index in [9.17, 15) is 19.2 Å². The van der Waals surface area contributed by atoms with Crippen LogP contribution in [-0.2, 0) is 28.2 Å². The van der Waals surface area contributed by atoms with Crippen molar-refractivity contribution >= 4 is 34.4 Å². The number of aromatic nitrogens is 4. The lowest BCUT2D eigenvalue weighted by molar-refractivity contribution is 0.692. The molecule has 0 saturated heterocycles. The van der Waals surface area contributed by atoms with Crippen molar-refractivity contribution < 1.29 is 0 Å². The molecule has 0 fully saturated rings. The Morgan fingerprint density at radius 1 is 0.690 bits per heavy atom. The van der Waals surface area contributed by atoms with Gasteiger partial charge >= 0.3 is 11.4 Å². The summed E-state index contributed by atoms with van der Waals surface area (Å²) in [5.41, 5.74) is 9.99. The smallest absolute Gasteiger partial charge is 0.332 e. The molecule has 12 heteroatoms. The monoisotopic (exact) mass is 404 g/mol. The molecule has 0 aliphatic heterocycles. The molecule has 29 heavy (non-hydrogen) atoms. The summed E-state index contributed by atoms with van der Waals surface area (Å²) >= 11 is 0. The maximum atomic E-state index is 12.1. The summed E-state index contributed by atoms with van der Waals surface area (Å²) in [6.45, 7) is 3.35.